The zero-order valence-corrected chi connectivity index (χ0v) is 14.3. The summed E-state index contributed by atoms with van der Waals surface area (Å²) in [7, 11) is 1.95. The fourth-order valence-corrected chi connectivity index (χ4v) is 4.11. The molecule has 2 heterocycles. The quantitative estimate of drug-likeness (QED) is 0.723. The zero-order chi connectivity index (χ0) is 15.8. The summed E-state index contributed by atoms with van der Waals surface area (Å²) < 4.78 is 3.20. The number of thiophene rings is 1. The number of nitrogens with zero attached hydrogens (tertiary/aromatic N) is 3. The number of rotatable bonds is 5. The zero-order valence-electron chi connectivity index (χ0n) is 12.7. The van der Waals surface area contributed by atoms with Gasteiger partial charge in [0.05, 0.1) is 5.75 Å². The van der Waals surface area contributed by atoms with Crippen LogP contribution in [0.5, 0.6) is 0 Å². The van der Waals surface area contributed by atoms with E-state index in [1.807, 2.05) is 23.7 Å². The Bertz CT molecular complexity index is 866. The van der Waals surface area contributed by atoms with Gasteiger partial charge in [-0.1, -0.05) is 30.0 Å². The van der Waals surface area contributed by atoms with Gasteiger partial charge in [0.15, 0.2) is 11.0 Å². The second kappa shape index (κ2) is 5.98. The van der Waals surface area contributed by atoms with E-state index in [1.54, 1.807) is 11.3 Å². The van der Waals surface area contributed by atoms with Crippen molar-refractivity contribution in [1.82, 2.24) is 20.1 Å². The standard InChI is InChI=1S/C16H16N4OS2/c1-20-15(12-8-22-13-5-3-2-4-11(12)13)18-19-16(20)23-9-14(21)17-10-6-7-10/h2-5,8,10H,6-7,9H2,1H3,(H,17,21). The number of benzene rings is 1. The summed E-state index contributed by atoms with van der Waals surface area (Å²) in [6.45, 7) is 0. The highest BCUT2D eigenvalue weighted by atomic mass is 32.2. The van der Waals surface area contributed by atoms with E-state index in [0.29, 0.717) is 11.8 Å². The minimum Gasteiger partial charge on any atom is -0.353 e. The minimum absolute atomic E-state index is 0.0723. The van der Waals surface area contributed by atoms with Crippen LogP contribution in [0, 0.1) is 0 Å². The van der Waals surface area contributed by atoms with Crippen molar-refractivity contribution < 1.29 is 4.79 Å². The molecule has 1 aliphatic rings. The van der Waals surface area contributed by atoms with Crippen LogP contribution in [0.4, 0.5) is 0 Å². The lowest BCUT2D eigenvalue weighted by Gasteiger charge is -2.04. The van der Waals surface area contributed by atoms with Gasteiger partial charge in [-0.05, 0) is 18.9 Å². The van der Waals surface area contributed by atoms with Crippen molar-refractivity contribution in [2.75, 3.05) is 5.75 Å². The molecule has 1 amide bonds. The number of hydrogen-bond donors (Lipinski definition) is 1. The number of carbonyl (C=O) groups excluding carboxylic acids is 1. The molecule has 2 aromatic heterocycles. The molecule has 1 saturated carbocycles. The summed E-state index contributed by atoms with van der Waals surface area (Å²) >= 11 is 3.14. The molecule has 0 spiro atoms. The molecule has 0 bridgehead atoms. The normalized spacial score (nSPS) is 14.3. The number of carbonyl (C=O) groups is 1. The average molecular weight is 344 g/mol. The molecule has 0 unspecified atom stereocenters. The van der Waals surface area contributed by atoms with Gasteiger partial charge in [0.25, 0.3) is 0 Å². The Balaban J connectivity index is 1.54. The van der Waals surface area contributed by atoms with E-state index in [9.17, 15) is 4.79 Å². The Morgan fingerprint density at radius 3 is 3.04 bits per heavy atom. The Labute approximate surface area is 142 Å². The van der Waals surface area contributed by atoms with E-state index in [4.69, 9.17) is 0 Å². The fraction of sp³-hybridized carbons (Fsp3) is 0.312. The van der Waals surface area contributed by atoms with Crippen LogP contribution in [0.2, 0.25) is 0 Å². The second-order valence-electron chi connectivity index (χ2n) is 5.64. The van der Waals surface area contributed by atoms with E-state index in [1.165, 1.54) is 21.8 Å². The van der Waals surface area contributed by atoms with Gasteiger partial charge in [0.2, 0.25) is 5.91 Å². The lowest BCUT2D eigenvalue weighted by Crippen LogP contribution is -2.27. The molecule has 7 heteroatoms. The highest BCUT2D eigenvalue weighted by molar-refractivity contribution is 7.99. The third-order valence-electron chi connectivity index (χ3n) is 3.83. The van der Waals surface area contributed by atoms with E-state index in [-0.39, 0.29) is 5.91 Å². The molecule has 118 valence electrons. The van der Waals surface area contributed by atoms with Gasteiger partial charge in [-0.2, -0.15) is 0 Å². The third-order valence-corrected chi connectivity index (χ3v) is 5.82. The molecular weight excluding hydrogens is 328 g/mol. The number of aromatic nitrogens is 3. The van der Waals surface area contributed by atoms with Gasteiger partial charge >= 0.3 is 0 Å². The molecule has 1 aromatic carbocycles. The first kappa shape index (κ1) is 14.7. The summed E-state index contributed by atoms with van der Waals surface area (Å²) in [6.07, 6.45) is 2.21. The Morgan fingerprint density at radius 2 is 2.22 bits per heavy atom. The topological polar surface area (TPSA) is 59.8 Å². The van der Waals surface area contributed by atoms with E-state index < -0.39 is 0 Å². The third kappa shape index (κ3) is 2.98. The Morgan fingerprint density at radius 1 is 1.39 bits per heavy atom. The largest absolute Gasteiger partial charge is 0.353 e. The summed E-state index contributed by atoms with van der Waals surface area (Å²) in [5.74, 6) is 1.29. The number of thioether (sulfide) groups is 1. The monoisotopic (exact) mass is 344 g/mol. The lowest BCUT2D eigenvalue weighted by molar-refractivity contribution is -0.118. The summed E-state index contributed by atoms with van der Waals surface area (Å²) in [6, 6.07) is 8.69. The van der Waals surface area contributed by atoms with E-state index in [2.05, 4.69) is 33.0 Å². The molecule has 5 nitrogen and oxygen atoms in total. The maximum Gasteiger partial charge on any atom is 0.230 e. The molecule has 0 atom stereocenters. The SMILES string of the molecule is Cn1c(SCC(=O)NC2CC2)nnc1-c1csc2ccccc12. The van der Waals surface area contributed by atoms with Crippen molar-refractivity contribution in [3.8, 4) is 11.4 Å². The van der Waals surface area contributed by atoms with Gasteiger partial charge in [-0.15, -0.1) is 21.5 Å². The molecule has 0 radical (unpaired) electrons. The van der Waals surface area contributed by atoms with E-state index >= 15 is 0 Å². The Hall–Kier alpha value is -1.86. The molecule has 1 aliphatic carbocycles. The fourth-order valence-electron chi connectivity index (χ4n) is 2.45. The second-order valence-corrected chi connectivity index (χ2v) is 7.49. The van der Waals surface area contributed by atoms with Crippen molar-refractivity contribution in [2.24, 2.45) is 7.05 Å². The molecule has 0 aliphatic heterocycles. The number of hydrogen-bond acceptors (Lipinski definition) is 5. The van der Waals surface area contributed by atoms with Crippen molar-refractivity contribution in [1.29, 1.82) is 0 Å². The number of nitrogens with one attached hydrogen (secondary N) is 1. The first-order chi connectivity index (χ1) is 11.2. The predicted octanol–water partition coefficient (Wildman–Crippen LogP) is 3.07. The minimum atomic E-state index is 0.0723. The van der Waals surface area contributed by atoms with Crippen LogP contribution in [-0.4, -0.2) is 32.5 Å². The highest BCUT2D eigenvalue weighted by Gasteiger charge is 2.23. The van der Waals surface area contributed by atoms with Crippen LogP contribution in [0.25, 0.3) is 21.5 Å². The van der Waals surface area contributed by atoms with Crippen LogP contribution < -0.4 is 5.32 Å². The van der Waals surface area contributed by atoms with Gasteiger partial charge in [0.1, 0.15) is 0 Å². The Kier molecular flexibility index (Phi) is 3.82. The highest BCUT2D eigenvalue weighted by Crippen LogP contribution is 2.33. The molecule has 23 heavy (non-hydrogen) atoms. The average Bonchev–Trinajstić information content (AvgIpc) is 3.15. The van der Waals surface area contributed by atoms with Gasteiger partial charge < -0.3 is 9.88 Å². The van der Waals surface area contributed by atoms with Crippen LogP contribution in [-0.2, 0) is 11.8 Å². The van der Waals surface area contributed by atoms with Crippen LogP contribution in [0.15, 0.2) is 34.8 Å². The van der Waals surface area contributed by atoms with Crippen LogP contribution in [0.3, 0.4) is 0 Å². The molecular formula is C16H16N4OS2. The lowest BCUT2D eigenvalue weighted by atomic mass is 10.2. The van der Waals surface area contributed by atoms with Crippen molar-refractivity contribution in [3.05, 3.63) is 29.6 Å². The first-order valence-electron chi connectivity index (χ1n) is 7.50. The van der Waals surface area contributed by atoms with Gasteiger partial charge in [-0.3, -0.25) is 4.79 Å². The maximum atomic E-state index is 11.8. The molecule has 1 fully saturated rings. The first-order valence-corrected chi connectivity index (χ1v) is 9.37. The van der Waals surface area contributed by atoms with Crippen molar-refractivity contribution in [3.63, 3.8) is 0 Å². The molecule has 0 saturated heterocycles. The van der Waals surface area contributed by atoms with Crippen molar-refractivity contribution >= 4 is 39.1 Å². The summed E-state index contributed by atoms with van der Waals surface area (Å²) in [5.41, 5.74) is 1.09. The van der Waals surface area contributed by atoms with E-state index in [0.717, 1.165) is 29.4 Å². The summed E-state index contributed by atoms with van der Waals surface area (Å²) in [4.78, 5) is 11.8. The van der Waals surface area contributed by atoms with Crippen LogP contribution >= 0.6 is 23.1 Å². The predicted molar refractivity (Wildman–Crippen MR) is 93.7 cm³/mol. The van der Waals surface area contributed by atoms with Gasteiger partial charge in [0, 0.05) is 34.1 Å². The summed E-state index contributed by atoms with van der Waals surface area (Å²) in [5, 5.41) is 15.6. The van der Waals surface area contributed by atoms with Gasteiger partial charge in [-0.25, -0.2) is 0 Å². The molecule has 1 N–H and O–H groups in total. The number of amides is 1. The molecule has 4 rings (SSSR count). The maximum absolute atomic E-state index is 11.8. The smallest absolute Gasteiger partial charge is 0.230 e. The number of fused-ring (bicyclic) bond motifs is 1. The molecule has 3 aromatic rings. The van der Waals surface area contributed by atoms with Crippen molar-refractivity contribution in [2.45, 2.75) is 24.0 Å². The van der Waals surface area contributed by atoms with Crippen LogP contribution in [0.1, 0.15) is 12.8 Å².